The lowest BCUT2D eigenvalue weighted by Gasteiger charge is -2.33. The molecule has 0 spiro atoms. The van der Waals surface area contributed by atoms with Crippen LogP contribution in [0.3, 0.4) is 0 Å². The summed E-state index contributed by atoms with van der Waals surface area (Å²) in [4.78, 5) is 24.3. The standard InChI is InChI=1S/C19H24O6/c1-10(2)16(20)24-14-9-18(5)6-7-19(22,25-18)11(3)8-13-15(14)12(4)17(21)23-13/h6-8,10,13-15,22H,4,9H2,1-3,5H3/b11-8+/t13-,14-,15+,18-,19+/m1/s1. The molecule has 0 aliphatic carbocycles. The number of hydrogen-bond acceptors (Lipinski definition) is 6. The maximum absolute atomic E-state index is 12.2. The molecule has 0 aromatic rings. The molecule has 0 aromatic heterocycles. The lowest BCUT2D eigenvalue weighted by molar-refractivity contribution is -0.190. The van der Waals surface area contributed by atoms with Gasteiger partial charge < -0.3 is 19.3 Å². The zero-order valence-electron chi connectivity index (χ0n) is 14.9. The maximum atomic E-state index is 12.2. The van der Waals surface area contributed by atoms with Gasteiger partial charge in [-0.25, -0.2) is 4.79 Å². The fourth-order valence-corrected chi connectivity index (χ4v) is 3.51. The molecular weight excluding hydrogens is 324 g/mol. The molecule has 2 bridgehead atoms. The number of esters is 2. The Hall–Kier alpha value is -1.92. The van der Waals surface area contributed by atoms with Crippen LogP contribution in [0.25, 0.3) is 0 Å². The number of carbonyl (C=O) groups excluding carboxylic acids is 2. The van der Waals surface area contributed by atoms with Gasteiger partial charge in [0.05, 0.1) is 17.4 Å². The summed E-state index contributed by atoms with van der Waals surface area (Å²) in [5.41, 5.74) is -0.0548. The molecule has 6 heteroatoms. The smallest absolute Gasteiger partial charge is 0.334 e. The van der Waals surface area contributed by atoms with Gasteiger partial charge in [0.15, 0.2) is 0 Å². The molecule has 136 valence electrons. The molecule has 0 unspecified atom stereocenters. The fraction of sp³-hybridized carbons (Fsp3) is 0.579. The molecule has 6 nitrogen and oxygen atoms in total. The van der Waals surface area contributed by atoms with Gasteiger partial charge in [-0.1, -0.05) is 26.5 Å². The molecule has 3 heterocycles. The Morgan fingerprint density at radius 1 is 1.44 bits per heavy atom. The summed E-state index contributed by atoms with van der Waals surface area (Å²) < 4.78 is 17.0. The quantitative estimate of drug-likeness (QED) is 0.467. The second-order valence-corrected chi connectivity index (χ2v) is 7.55. The van der Waals surface area contributed by atoms with Gasteiger partial charge in [0.25, 0.3) is 0 Å². The second kappa shape index (κ2) is 5.81. The van der Waals surface area contributed by atoms with E-state index in [2.05, 4.69) is 6.58 Å². The first-order chi connectivity index (χ1) is 11.5. The van der Waals surface area contributed by atoms with E-state index in [-0.39, 0.29) is 23.9 Å². The Morgan fingerprint density at radius 2 is 2.12 bits per heavy atom. The summed E-state index contributed by atoms with van der Waals surface area (Å²) in [6.45, 7) is 10.9. The van der Waals surface area contributed by atoms with Gasteiger partial charge in [0, 0.05) is 12.0 Å². The van der Waals surface area contributed by atoms with E-state index in [1.54, 1.807) is 39.0 Å². The van der Waals surface area contributed by atoms with Crippen LogP contribution in [0.5, 0.6) is 0 Å². The number of carbonyl (C=O) groups is 2. The van der Waals surface area contributed by atoms with Crippen LogP contribution in [0, 0.1) is 11.8 Å². The van der Waals surface area contributed by atoms with E-state index >= 15 is 0 Å². The van der Waals surface area contributed by atoms with Crippen LogP contribution in [0.1, 0.15) is 34.1 Å². The molecule has 0 saturated carbocycles. The van der Waals surface area contributed by atoms with Crippen molar-refractivity contribution in [1.82, 2.24) is 0 Å². The first-order valence-corrected chi connectivity index (χ1v) is 8.47. The van der Waals surface area contributed by atoms with E-state index in [0.29, 0.717) is 5.57 Å². The molecule has 3 aliphatic rings. The van der Waals surface area contributed by atoms with Crippen molar-refractivity contribution in [3.05, 3.63) is 36.0 Å². The monoisotopic (exact) mass is 348 g/mol. The fourth-order valence-electron chi connectivity index (χ4n) is 3.51. The first kappa shape index (κ1) is 17.9. The third-order valence-electron chi connectivity index (χ3n) is 5.04. The molecule has 0 aromatic carbocycles. The van der Waals surface area contributed by atoms with Crippen molar-refractivity contribution in [2.24, 2.45) is 11.8 Å². The molecule has 1 saturated heterocycles. The number of ether oxygens (including phenoxy) is 3. The average molecular weight is 348 g/mol. The summed E-state index contributed by atoms with van der Waals surface area (Å²) >= 11 is 0. The highest BCUT2D eigenvalue weighted by Crippen LogP contribution is 2.44. The van der Waals surface area contributed by atoms with Crippen LogP contribution < -0.4 is 0 Å². The van der Waals surface area contributed by atoms with Crippen LogP contribution in [-0.4, -0.2) is 40.6 Å². The highest BCUT2D eigenvalue weighted by atomic mass is 16.6. The Morgan fingerprint density at radius 3 is 2.76 bits per heavy atom. The van der Waals surface area contributed by atoms with Crippen LogP contribution in [0.2, 0.25) is 0 Å². The Bertz CT molecular complexity index is 690. The minimum absolute atomic E-state index is 0.271. The van der Waals surface area contributed by atoms with E-state index in [9.17, 15) is 14.7 Å². The van der Waals surface area contributed by atoms with E-state index in [0.717, 1.165) is 0 Å². The summed E-state index contributed by atoms with van der Waals surface area (Å²) in [6.07, 6.45) is 3.96. The topological polar surface area (TPSA) is 82.1 Å². The number of rotatable bonds is 2. The van der Waals surface area contributed by atoms with Gasteiger partial charge in [-0.05, 0) is 31.6 Å². The van der Waals surface area contributed by atoms with Crippen molar-refractivity contribution >= 4 is 11.9 Å². The Labute approximate surface area is 147 Å². The minimum atomic E-state index is -1.56. The zero-order valence-corrected chi connectivity index (χ0v) is 14.9. The number of hydrogen-bond donors (Lipinski definition) is 1. The minimum Gasteiger partial charge on any atom is -0.461 e. The number of fused-ring (bicyclic) bond motifs is 3. The highest BCUT2D eigenvalue weighted by Gasteiger charge is 2.52. The van der Waals surface area contributed by atoms with Crippen LogP contribution in [-0.2, 0) is 23.8 Å². The van der Waals surface area contributed by atoms with Crippen molar-refractivity contribution < 1.29 is 28.9 Å². The maximum Gasteiger partial charge on any atom is 0.334 e. The summed E-state index contributed by atoms with van der Waals surface area (Å²) in [5, 5.41) is 10.7. The molecule has 1 fully saturated rings. The van der Waals surface area contributed by atoms with Crippen molar-refractivity contribution in [3.63, 3.8) is 0 Å². The van der Waals surface area contributed by atoms with Crippen molar-refractivity contribution in [3.8, 4) is 0 Å². The first-order valence-electron chi connectivity index (χ1n) is 8.47. The average Bonchev–Trinajstić information content (AvgIpc) is 2.97. The SMILES string of the molecule is C=C1C(=O)O[C@@H]2/C=C(\C)[C@]3(O)C=C[C@](C)(C[C@@H](OC(=O)C(C)C)[C@@H]12)O3. The van der Waals surface area contributed by atoms with Gasteiger partial charge in [-0.15, -0.1) is 0 Å². The van der Waals surface area contributed by atoms with E-state index < -0.39 is 35.5 Å². The predicted molar refractivity (Wildman–Crippen MR) is 89.2 cm³/mol. The van der Waals surface area contributed by atoms with Gasteiger partial charge in [-0.2, -0.15) is 0 Å². The van der Waals surface area contributed by atoms with Crippen molar-refractivity contribution in [1.29, 1.82) is 0 Å². The molecule has 3 rings (SSSR count). The van der Waals surface area contributed by atoms with Gasteiger partial charge >= 0.3 is 11.9 Å². The summed E-state index contributed by atoms with van der Waals surface area (Å²) in [5.74, 6) is -3.26. The third kappa shape index (κ3) is 3.04. The predicted octanol–water partition coefficient (Wildman–Crippen LogP) is 2.04. The van der Waals surface area contributed by atoms with Crippen LogP contribution >= 0.6 is 0 Å². The highest BCUT2D eigenvalue weighted by molar-refractivity contribution is 5.91. The van der Waals surface area contributed by atoms with Crippen molar-refractivity contribution in [2.75, 3.05) is 0 Å². The third-order valence-corrected chi connectivity index (χ3v) is 5.04. The summed E-state index contributed by atoms with van der Waals surface area (Å²) in [6, 6.07) is 0. The molecule has 1 N–H and O–H groups in total. The van der Waals surface area contributed by atoms with Gasteiger partial charge in [0.2, 0.25) is 5.79 Å². The molecule has 0 amide bonds. The lowest BCUT2D eigenvalue weighted by atomic mass is 9.83. The van der Waals surface area contributed by atoms with Crippen molar-refractivity contribution in [2.45, 2.75) is 57.7 Å². The molecule has 5 atom stereocenters. The summed E-state index contributed by atoms with van der Waals surface area (Å²) in [7, 11) is 0. The van der Waals surface area contributed by atoms with E-state index in [1.807, 2.05) is 6.92 Å². The van der Waals surface area contributed by atoms with Crippen LogP contribution in [0.4, 0.5) is 0 Å². The Balaban J connectivity index is 2.04. The molecule has 25 heavy (non-hydrogen) atoms. The van der Waals surface area contributed by atoms with Gasteiger partial charge in [0.1, 0.15) is 12.2 Å². The van der Waals surface area contributed by atoms with E-state index in [1.165, 1.54) is 0 Å². The molecule has 0 radical (unpaired) electrons. The second-order valence-electron chi connectivity index (χ2n) is 7.55. The number of aliphatic hydroxyl groups is 1. The Kier molecular flexibility index (Phi) is 4.16. The van der Waals surface area contributed by atoms with E-state index in [4.69, 9.17) is 14.2 Å². The lowest BCUT2D eigenvalue weighted by Crippen LogP contribution is -2.41. The van der Waals surface area contributed by atoms with Gasteiger partial charge in [-0.3, -0.25) is 4.79 Å². The largest absolute Gasteiger partial charge is 0.461 e. The van der Waals surface area contributed by atoms with Crippen LogP contribution in [0.15, 0.2) is 36.0 Å². The molecular formula is C19H24O6. The molecule has 3 aliphatic heterocycles. The normalized spacial score (nSPS) is 42.2. The zero-order chi connectivity index (χ0) is 18.6.